The summed E-state index contributed by atoms with van der Waals surface area (Å²) in [7, 11) is 0. The second-order valence-electron chi connectivity index (χ2n) is 16.5. The van der Waals surface area contributed by atoms with Crippen molar-refractivity contribution >= 4 is 40.5 Å². The van der Waals surface area contributed by atoms with Gasteiger partial charge < -0.3 is 39.2 Å². The highest BCUT2D eigenvalue weighted by atomic mass is 32.1. The summed E-state index contributed by atoms with van der Waals surface area (Å²) < 4.78 is 27.6. The summed E-state index contributed by atoms with van der Waals surface area (Å²) in [6.45, 7) is 11.1. The number of rotatable bonds is 22. The summed E-state index contributed by atoms with van der Waals surface area (Å²) >= 11 is 1.35. The average molecular weight is 855 g/mol. The van der Waals surface area contributed by atoms with E-state index in [9.17, 15) is 14.4 Å². The standard InChI is InChI=1S/C48H62N4O8S/c1-48(2,3)60-44(53)21-25-57-27-29-59-31-30-58-28-26-56-24-11-13-35-12-9-16-37(32-35)45(54)50-42-20-19-38(52-22-7-4-8-23-52)33-40(42)47-49-34-43(61-47)46(55)51-41-18-10-15-36-14-5-6-17-39(36)41/h5-6,9,12,14,16-17,19-20,32-34,41H,4,7-8,10-11,13,15,18,21-31H2,1-3H3,(H,50,54)(H,51,55). The predicted molar refractivity (Wildman–Crippen MR) is 240 cm³/mol. The molecule has 1 aliphatic heterocycles. The molecule has 2 amide bonds. The first-order valence-corrected chi connectivity index (χ1v) is 22.6. The number of amides is 2. The van der Waals surface area contributed by atoms with E-state index >= 15 is 0 Å². The topological polar surface area (TPSA) is 138 Å². The molecule has 1 unspecified atom stereocenters. The molecular formula is C48H62N4O8S. The highest BCUT2D eigenvalue weighted by Crippen LogP contribution is 2.37. The number of aromatic nitrogens is 1. The second kappa shape index (κ2) is 23.5. The molecule has 0 bridgehead atoms. The lowest BCUT2D eigenvalue weighted by molar-refractivity contribution is -0.156. The van der Waals surface area contributed by atoms with Gasteiger partial charge in [0.2, 0.25) is 0 Å². The highest BCUT2D eigenvalue weighted by Gasteiger charge is 2.24. The lowest BCUT2D eigenvalue weighted by atomic mass is 9.88. The fourth-order valence-electron chi connectivity index (χ4n) is 7.55. The van der Waals surface area contributed by atoms with Gasteiger partial charge in [-0.05, 0) is 119 Å². The van der Waals surface area contributed by atoms with Crippen LogP contribution in [0, 0.1) is 0 Å². The third-order valence-electron chi connectivity index (χ3n) is 10.5. The third kappa shape index (κ3) is 14.7. The SMILES string of the molecule is CC(C)(C)OC(=O)CCOCCOCCOCCOCCCc1cccc(C(=O)Nc2ccc(N3CCCCC3)cc2-c2ncc(C(=O)NC3CCCc4ccccc43)s2)c1. The average Bonchev–Trinajstić information content (AvgIpc) is 3.76. The fourth-order valence-corrected chi connectivity index (χ4v) is 8.40. The first kappa shape index (κ1) is 45.9. The number of thiazole rings is 1. The Balaban J connectivity index is 0.941. The van der Waals surface area contributed by atoms with Crippen LogP contribution in [0.2, 0.25) is 0 Å². The molecule has 0 spiro atoms. The van der Waals surface area contributed by atoms with Crippen molar-refractivity contribution < 1.29 is 38.1 Å². The number of esters is 1. The van der Waals surface area contributed by atoms with Gasteiger partial charge in [-0.1, -0.05) is 36.4 Å². The normalized spacial score (nSPS) is 15.3. The van der Waals surface area contributed by atoms with Gasteiger partial charge in [0.15, 0.2) is 0 Å². The van der Waals surface area contributed by atoms with Crippen LogP contribution in [0.5, 0.6) is 0 Å². The van der Waals surface area contributed by atoms with Gasteiger partial charge in [0.1, 0.15) is 15.5 Å². The van der Waals surface area contributed by atoms with Crippen molar-refractivity contribution in [3.63, 3.8) is 0 Å². The molecule has 12 nitrogen and oxygen atoms in total. The summed E-state index contributed by atoms with van der Waals surface area (Å²) in [6.07, 6.45) is 9.94. The Morgan fingerprint density at radius 2 is 1.51 bits per heavy atom. The number of piperidine rings is 1. The minimum absolute atomic E-state index is 0.0238. The monoisotopic (exact) mass is 854 g/mol. The number of anilines is 2. The van der Waals surface area contributed by atoms with Crippen molar-refractivity contribution in [3.05, 3.63) is 100 Å². The number of hydrogen-bond acceptors (Lipinski definition) is 11. The van der Waals surface area contributed by atoms with Crippen LogP contribution < -0.4 is 15.5 Å². The van der Waals surface area contributed by atoms with Crippen molar-refractivity contribution in [2.75, 3.05) is 76.2 Å². The van der Waals surface area contributed by atoms with Crippen LogP contribution in [0.4, 0.5) is 11.4 Å². The summed E-state index contributed by atoms with van der Waals surface area (Å²) in [5.41, 5.74) is 6.16. The molecule has 0 saturated carbocycles. The molecule has 1 aliphatic carbocycles. The van der Waals surface area contributed by atoms with Gasteiger partial charge in [0.05, 0.1) is 70.6 Å². The molecule has 2 N–H and O–H groups in total. The van der Waals surface area contributed by atoms with E-state index in [1.807, 2.05) is 57.2 Å². The number of carbonyl (C=O) groups is 3. The van der Waals surface area contributed by atoms with Crippen molar-refractivity contribution in [1.29, 1.82) is 0 Å². The van der Waals surface area contributed by atoms with Crippen molar-refractivity contribution in [1.82, 2.24) is 10.3 Å². The minimum atomic E-state index is -0.490. The molecule has 0 radical (unpaired) electrons. The fraction of sp³-hybridized carbons (Fsp3) is 0.500. The van der Waals surface area contributed by atoms with Crippen LogP contribution in [0.15, 0.2) is 72.9 Å². The summed E-state index contributed by atoms with van der Waals surface area (Å²) in [6, 6.07) is 22.2. The Hall–Kier alpha value is -4.66. The van der Waals surface area contributed by atoms with Crippen molar-refractivity contribution in [3.8, 4) is 10.6 Å². The number of nitrogens with zero attached hydrogens (tertiary/aromatic N) is 2. The van der Waals surface area contributed by atoms with E-state index in [0.717, 1.165) is 74.8 Å². The van der Waals surface area contributed by atoms with Crippen LogP contribution >= 0.6 is 11.3 Å². The maximum absolute atomic E-state index is 13.8. The number of nitrogens with one attached hydrogen (secondary N) is 2. The number of benzene rings is 3. The highest BCUT2D eigenvalue weighted by molar-refractivity contribution is 7.17. The van der Waals surface area contributed by atoms with E-state index in [1.165, 1.54) is 28.9 Å². The zero-order valence-corrected chi connectivity index (χ0v) is 36.8. The second-order valence-corrected chi connectivity index (χ2v) is 17.5. The lowest BCUT2D eigenvalue weighted by Gasteiger charge is -2.29. The van der Waals surface area contributed by atoms with Gasteiger partial charge in [-0.3, -0.25) is 14.4 Å². The third-order valence-corrected chi connectivity index (χ3v) is 11.6. The summed E-state index contributed by atoms with van der Waals surface area (Å²) in [4.78, 5) is 46.7. The number of ether oxygens (including phenoxy) is 5. The van der Waals surface area contributed by atoms with Crippen molar-refractivity contribution in [2.45, 2.75) is 90.2 Å². The van der Waals surface area contributed by atoms with Gasteiger partial charge in [0.25, 0.3) is 11.8 Å². The van der Waals surface area contributed by atoms with Crippen LogP contribution in [0.1, 0.15) is 108 Å². The smallest absolute Gasteiger partial charge is 0.308 e. The van der Waals surface area contributed by atoms with Crippen LogP contribution in [-0.4, -0.2) is 94.3 Å². The van der Waals surface area contributed by atoms with Gasteiger partial charge in [-0.15, -0.1) is 11.3 Å². The van der Waals surface area contributed by atoms with E-state index in [0.29, 0.717) is 74.0 Å². The summed E-state index contributed by atoms with van der Waals surface area (Å²) in [5, 5.41) is 7.12. The Kier molecular flexibility index (Phi) is 17.7. The molecule has 2 aliphatic rings. The van der Waals surface area contributed by atoms with Crippen molar-refractivity contribution in [2.24, 2.45) is 0 Å². The predicted octanol–water partition coefficient (Wildman–Crippen LogP) is 8.59. The largest absolute Gasteiger partial charge is 0.460 e. The van der Waals surface area contributed by atoms with E-state index in [2.05, 4.69) is 45.9 Å². The van der Waals surface area contributed by atoms with Gasteiger partial charge in [0, 0.05) is 36.5 Å². The van der Waals surface area contributed by atoms with E-state index in [-0.39, 0.29) is 30.2 Å². The molecule has 1 atom stereocenters. The van der Waals surface area contributed by atoms with Crippen LogP contribution in [-0.2, 0) is 41.3 Å². The summed E-state index contributed by atoms with van der Waals surface area (Å²) in [5.74, 6) is -0.608. The van der Waals surface area contributed by atoms with Gasteiger partial charge in [-0.25, -0.2) is 4.98 Å². The molecule has 3 aromatic carbocycles. The zero-order valence-electron chi connectivity index (χ0n) is 36.0. The molecule has 4 aromatic rings. The molecule has 2 heterocycles. The number of carbonyl (C=O) groups excluding carboxylic acids is 3. The lowest BCUT2D eigenvalue weighted by Crippen LogP contribution is -2.30. The Morgan fingerprint density at radius 1 is 0.787 bits per heavy atom. The molecule has 1 aromatic heterocycles. The van der Waals surface area contributed by atoms with E-state index < -0.39 is 5.60 Å². The van der Waals surface area contributed by atoms with Crippen LogP contribution in [0.3, 0.4) is 0 Å². The number of fused-ring (bicyclic) bond motifs is 1. The molecule has 328 valence electrons. The Labute approximate surface area is 364 Å². The number of hydrogen-bond donors (Lipinski definition) is 2. The first-order chi connectivity index (χ1) is 29.6. The number of aryl methyl sites for hydroxylation is 2. The quantitative estimate of drug-likeness (QED) is 0.0584. The van der Waals surface area contributed by atoms with E-state index in [1.54, 1.807) is 6.20 Å². The van der Waals surface area contributed by atoms with E-state index in [4.69, 9.17) is 28.7 Å². The molecular weight excluding hydrogens is 793 g/mol. The van der Waals surface area contributed by atoms with Gasteiger partial charge in [-0.2, -0.15) is 0 Å². The molecule has 6 rings (SSSR count). The molecule has 1 saturated heterocycles. The molecule has 1 fully saturated rings. The maximum atomic E-state index is 13.8. The van der Waals surface area contributed by atoms with Gasteiger partial charge >= 0.3 is 5.97 Å². The Bertz CT molecular complexity index is 2020. The maximum Gasteiger partial charge on any atom is 0.308 e. The first-order valence-electron chi connectivity index (χ1n) is 21.8. The zero-order chi connectivity index (χ0) is 42.9. The van der Waals surface area contributed by atoms with Crippen LogP contribution in [0.25, 0.3) is 10.6 Å². The Morgan fingerprint density at radius 3 is 2.26 bits per heavy atom. The minimum Gasteiger partial charge on any atom is -0.460 e. The molecule has 61 heavy (non-hydrogen) atoms. The molecule has 13 heteroatoms.